The quantitative estimate of drug-likeness (QED) is 0.207. The van der Waals surface area contributed by atoms with Gasteiger partial charge in [-0.2, -0.15) is 5.10 Å². The SMILES string of the molecule is COc1cc(C=NNC(=O)Cc2cn3ccsc3n2)ccc1OC(=O)c1cccnc1. The third-order valence-electron chi connectivity index (χ3n) is 4.18. The molecule has 9 nitrogen and oxygen atoms in total. The lowest BCUT2D eigenvalue weighted by atomic mass is 10.2. The molecule has 4 rings (SSSR count). The van der Waals surface area contributed by atoms with E-state index in [0.29, 0.717) is 22.6 Å². The Hall–Kier alpha value is -4.05. The lowest BCUT2D eigenvalue weighted by Gasteiger charge is -2.09. The van der Waals surface area contributed by atoms with Crippen LogP contribution in [0.4, 0.5) is 0 Å². The molecule has 3 aromatic heterocycles. The molecule has 1 amide bonds. The summed E-state index contributed by atoms with van der Waals surface area (Å²) in [5.41, 5.74) is 4.12. The number of methoxy groups -OCH3 is 1. The van der Waals surface area contributed by atoms with Gasteiger partial charge in [0.05, 0.1) is 31.0 Å². The fourth-order valence-electron chi connectivity index (χ4n) is 2.74. The molecule has 0 aliphatic heterocycles. The van der Waals surface area contributed by atoms with Crippen LogP contribution in [0, 0.1) is 0 Å². The molecule has 0 radical (unpaired) electrons. The third-order valence-corrected chi connectivity index (χ3v) is 4.95. The van der Waals surface area contributed by atoms with Crippen molar-refractivity contribution in [3.05, 3.63) is 77.3 Å². The fourth-order valence-corrected chi connectivity index (χ4v) is 3.45. The van der Waals surface area contributed by atoms with Crippen LogP contribution in [0.15, 0.2) is 65.6 Å². The maximum Gasteiger partial charge on any atom is 0.345 e. The Morgan fingerprint density at radius 3 is 2.97 bits per heavy atom. The number of thiazole rings is 1. The molecule has 10 heteroatoms. The number of carbonyl (C=O) groups is 2. The zero-order valence-electron chi connectivity index (χ0n) is 16.4. The van der Waals surface area contributed by atoms with Gasteiger partial charge in [-0.25, -0.2) is 15.2 Å². The van der Waals surface area contributed by atoms with E-state index in [9.17, 15) is 9.59 Å². The highest BCUT2D eigenvalue weighted by atomic mass is 32.1. The van der Waals surface area contributed by atoms with E-state index in [4.69, 9.17) is 9.47 Å². The molecule has 0 aliphatic rings. The van der Waals surface area contributed by atoms with E-state index in [1.807, 2.05) is 22.2 Å². The standard InChI is InChI=1S/C21H17N5O4S/c1-29-18-9-14(4-5-17(18)30-20(28)15-3-2-6-22-12-15)11-23-25-19(27)10-16-13-26-7-8-31-21(26)24-16/h2-9,11-13H,10H2,1H3,(H,25,27). The van der Waals surface area contributed by atoms with E-state index in [0.717, 1.165) is 4.96 Å². The summed E-state index contributed by atoms with van der Waals surface area (Å²) in [6.07, 6.45) is 8.29. The van der Waals surface area contributed by atoms with Crippen LogP contribution >= 0.6 is 11.3 Å². The number of ether oxygens (including phenoxy) is 2. The molecular formula is C21H17N5O4S. The Morgan fingerprint density at radius 1 is 1.29 bits per heavy atom. The average molecular weight is 435 g/mol. The number of nitrogens with one attached hydrogen (secondary N) is 1. The minimum atomic E-state index is -0.542. The average Bonchev–Trinajstić information content (AvgIpc) is 3.37. The molecule has 0 spiro atoms. The van der Waals surface area contributed by atoms with Gasteiger partial charge in [-0.05, 0) is 35.9 Å². The number of pyridine rings is 1. The molecule has 1 N–H and O–H groups in total. The number of imidazole rings is 1. The smallest absolute Gasteiger partial charge is 0.345 e. The second-order valence-corrected chi connectivity index (χ2v) is 7.21. The summed E-state index contributed by atoms with van der Waals surface area (Å²) in [7, 11) is 1.47. The van der Waals surface area contributed by atoms with Gasteiger partial charge in [-0.1, -0.05) is 0 Å². The van der Waals surface area contributed by atoms with Crippen molar-refractivity contribution in [1.29, 1.82) is 0 Å². The van der Waals surface area contributed by atoms with E-state index in [1.165, 1.54) is 30.9 Å². The van der Waals surface area contributed by atoms with Gasteiger partial charge in [0.15, 0.2) is 16.5 Å². The van der Waals surface area contributed by atoms with Crippen LogP contribution in [0.1, 0.15) is 21.6 Å². The number of benzene rings is 1. The Bertz CT molecular complexity index is 1220. The van der Waals surface area contributed by atoms with Crippen LogP contribution in [0.5, 0.6) is 11.5 Å². The molecule has 0 aliphatic carbocycles. The number of hydrazone groups is 1. The van der Waals surface area contributed by atoms with Gasteiger partial charge in [-0.15, -0.1) is 11.3 Å². The first-order valence-corrected chi connectivity index (χ1v) is 10.0. The Labute approximate surface area is 181 Å². The maximum atomic E-state index is 12.2. The lowest BCUT2D eigenvalue weighted by Crippen LogP contribution is -2.19. The molecule has 31 heavy (non-hydrogen) atoms. The summed E-state index contributed by atoms with van der Waals surface area (Å²) in [6.45, 7) is 0. The first-order chi connectivity index (χ1) is 15.1. The van der Waals surface area contributed by atoms with E-state index in [-0.39, 0.29) is 18.1 Å². The van der Waals surface area contributed by atoms with Crippen LogP contribution in [-0.4, -0.2) is 39.6 Å². The summed E-state index contributed by atoms with van der Waals surface area (Å²) in [5.74, 6) is -0.210. The molecule has 1 aromatic carbocycles. The van der Waals surface area contributed by atoms with Crippen molar-refractivity contribution in [2.75, 3.05) is 7.11 Å². The van der Waals surface area contributed by atoms with Gasteiger partial charge in [0.25, 0.3) is 0 Å². The van der Waals surface area contributed by atoms with Crippen molar-refractivity contribution in [3.63, 3.8) is 0 Å². The van der Waals surface area contributed by atoms with Gasteiger partial charge in [0.2, 0.25) is 5.91 Å². The van der Waals surface area contributed by atoms with Crippen molar-refractivity contribution >= 4 is 34.4 Å². The molecule has 0 saturated heterocycles. The number of fused-ring (bicyclic) bond motifs is 1. The van der Waals surface area contributed by atoms with Gasteiger partial charge in [0, 0.05) is 30.2 Å². The number of amides is 1. The molecule has 0 bridgehead atoms. The molecule has 0 unspecified atom stereocenters. The van der Waals surface area contributed by atoms with Crippen molar-refractivity contribution in [1.82, 2.24) is 19.8 Å². The van der Waals surface area contributed by atoms with E-state index in [1.54, 1.807) is 36.5 Å². The summed E-state index contributed by atoms with van der Waals surface area (Å²) in [5, 5.41) is 5.89. The van der Waals surface area contributed by atoms with Crippen molar-refractivity contribution < 1.29 is 19.1 Å². The normalized spacial score (nSPS) is 11.0. The largest absolute Gasteiger partial charge is 0.493 e. The van der Waals surface area contributed by atoms with Crippen LogP contribution in [-0.2, 0) is 11.2 Å². The van der Waals surface area contributed by atoms with E-state index < -0.39 is 5.97 Å². The van der Waals surface area contributed by atoms with Gasteiger partial charge in [-0.3, -0.25) is 14.2 Å². The highest BCUT2D eigenvalue weighted by Gasteiger charge is 2.13. The maximum absolute atomic E-state index is 12.2. The Morgan fingerprint density at radius 2 is 2.19 bits per heavy atom. The summed E-state index contributed by atoms with van der Waals surface area (Å²) in [6, 6.07) is 8.18. The molecule has 4 aromatic rings. The lowest BCUT2D eigenvalue weighted by molar-refractivity contribution is -0.120. The second kappa shape index (κ2) is 9.18. The molecule has 0 atom stereocenters. The van der Waals surface area contributed by atoms with Crippen LogP contribution in [0.2, 0.25) is 0 Å². The summed E-state index contributed by atoms with van der Waals surface area (Å²) in [4.78, 5) is 33.4. The van der Waals surface area contributed by atoms with Crippen molar-refractivity contribution in [3.8, 4) is 11.5 Å². The number of hydrogen-bond donors (Lipinski definition) is 1. The number of carbonyl (C=O) groups excluding carboxylic acids is 2. The third kappa shape index (κ3) is 4.93. The predicted molar refractivity (Wildman–Crippen MR) is 115 cm³/mol. The predicted octanol–water partition coefficient (Wildman–Crippen LogP) is 2.71. The monoisotopic (exact) mass is 435 g/mol. The number of aromatic nitrogens is 3. The van der Waals surface area contributed by atoms with E-state index >= 15 is 0 Å². The summed E-state index contributed by atoms with van der Waals surface area (Å²) >= 11 is 1.50. The number of rotatable bonds is 7. The number of nitrogens with zero attached hydrogens (tertiary/aromatic N) is 4. The Balaban J connectivity index is 1.36. The molecule has 0 fully saturated rings. The molecule has 0 saturated carbocycles. The highest BCUT2D eigenvalue weighted by molar-refractivity contribution is 7.15. The first kappa shape index (κ1) is 20.2. The second-order valence-electron chi connectivity index (χ2n) is 6.34. The Kier molecular flexibility index (Phi) is 5.99. The van der Waals surface area contributed by atoms with E-state index in [2.05, 4.69) is 20.5 Å². The fraction of sp³-hybridized carbons (Fsp3) is 0.0952. The zero-order chi connectivity index (χ0) is 21.6. The molecular weight excluding hydrogens is 418 g/mol. The highest BCUT2D eigenvalue weighted by Crippen LogP contribution is 2.28. The minimum Gasteiger partial charge on any atom is -0.493 e. The van der Waals surface area contributed by atoms with Gasteiger partial charge in [0.1, 0.15) is 0 Å². The topological polar surface area (TPSA) is 107 Å². The van der Waals surface area contributed by atoms with Crippen LogP contribution in [0.3, 0.4) is 0 Å². The molecule has 3 heterocycles. The molecule has 156 valence electrons. The van der Waals surface area contributed by atoms with Gasteiger partial charge < -0.3 is 9.47 Å². The zero-order valence-corrected chi connectivity index (χ0v) is 17.2. The number of esters is 1. The number of hydrogen-bond acceptors (Lipinski definition) is 8. The van der Waals surface area contributed by atoms with Gasteiger partial charge >= 0.3 is 5.97 Å². The first-order valence-electron chi connectivity index (χ1n) is 9.15. The summed E-state index contributed by atoms with van der Waals surface area (Å²) < 4.78 is 12.5. The minimum absolute atomic E-state index is 0.123. The van der Waals surface area contributed by atoms with Crippen molar-refractivity contribution in [2.24, 2.45) is 5.10 Å². The van der Waals surface area contributed by atoms with Crippen molar-refractivity contribution in [2.45, 2.75) is 6.42 Å². The van der Waals surface area contributed by atoms with Crippen LogP contribution in [0.25, 0.3) is 4.96 Å². The van der Waals surface area contributed by atoms with Crippen LogP contribution < -0.4 is 14.9 Å².